The predicted molar refractivity (Wildman–Crippen MR) is 65.7 cm³/mol. The fourth-order valence-electron chi connectivity index (χ4n) is 1.22. The number of rotatable bonds is 5. The number of hydroxylamine groups is 2. The van der Waals surface area contributed by atoms with Gasteiger partial charge in [-0.15, -0.1) is 0 Å². The van der Waals surface area contributed by atoms with E-state index in [1.165, 1.54) is 0 Å². The lowest BCUT2D eigenvalue weighted by molar-refractivity contribution is -0.217. The quantitative estimate of drug-likeness (QED) is 0.346. The highest BCUT2D eigenvalue weighted by molar-refractivity contribution is 5.76. The van der Waals surface area contributed by atoms with Crippen LogP contribution in [0.1, 0.15) is 20.8 Å². The Kier molecular flexibility index (Phi) is 4.85. The highest BCUT2D eigenvalue weighted by Gasteiger charge is 2.19. The average molecular weight is 251 g/mol. The largest absolute Gasteiger partial charge is 0.425 e. The Balaban J connectivity index is 2.50. The van der Waals surface area contributed by atoms with Crippen molar-refractivity contribution in [1.29, 1.82) is 0 Å². The molecule has 0 fully saturated rings. The maximum atomic E-state index is 11.6. The number of hydrogen-bond acceptors (Lipinski definition) is 4. The first-order chi connectivity index (χ1) is 8.40. The molecular weight excluding hydrogens is 234 g/mol. The van der Waals surface area contributed by atoms with Gasteiger partial charge < -0.3 is 4.74 Å². The van der Waals surface area contributed by atoms with E-state index < -0.39 is 11.6 Å². The fraction of sp³-hybridized carbons (Fsp3) is 0.385. The van der Waals surface area contributed by atoms with E-state index in [0.717, 1.165) is 5.06 Å². The summed E-state index contributed by atoms with van der Waals surface area (Å²) in [4.78, 5) is 27.6. The molecule has 0 saturated carbocycles. The van der Waals surface area contributed by atoms with Crippen LogP contribution in [-0.4, -0.2) is 29.6 Å². The molecule has 0 radical (unpaired) electrons. The Morgan fingerprint density at radius 3 is 2.39 bits per heavy atom. The van der Waals surface area contributed by atoms with Gasteiger partial charge in [-0.2, -0.15) is 0 Å². The zero-order valence-electron chi connectivity index (χ0n) is 10.8. The van der Waals surface area contributed by atoms with Crippen LogP contribution in [0, 0.1) is 0 Å². The van der Waals surface area contributed by atoms with E-state index in [1.807, 2.05) is 6.07 Å². The van der Waals surface area contributed by atoms with E-state index >= 15 is 0 Å². The molecule has 1 rings (SSSR count). The van der Waals surface area contributed by atoms with Crippen LogP contribution in [0.15, 0.2) is 30.3 Å². The second-order valence-corrected chi connectivity index (χ2v) is 4.67. The van der Waals surface area contributed by atoms with Crippen LogP contribution >= 0.6 is 0 Å². The summed E-state index contributed by atoms with van der Waals surface area (Å²) in [5.74, 6) is -0.123. The number of hydrogen-bond donors (Lipinski definition) is 0. The lowest BCUT2D eigenvalue weighted by atomic mass is 10.2. The molecule has 0 spiro atoms. The molecule has 1 aromatic rings. The normalized spacial score (nSPS) is 10.8. The lowest BCUT2D eigenvalue weighted by Crippen LogP contribution is -2.37. The molecule has 0 atom stereocenters. The van der Waals surface area contributed by atoms with Gasteiger partial charge in [-0.05, 0) is 32.9 Å². The van der Waals surface area contributed by atoms with E-state index in [1.54, 1.807) is 45.0 Å². The number of nitrogens with zero attached hydrogens (tertiary/aromatic N) is 1. The van der Waals surface area contributed by atoms with Gasteiger partial charge in [-0.25, -0.2) is 9.86 Å². The molecule has 0 saturated heterocycles. The molecule has 0 heterocycles. The van der Waals surface area contributed by atoms with Gasteiger partial charge in [-0.1, -0.05) is 18.2 Å². The van der Waals surface area contributed by atoms with E-state index in [4.69, 9.17) is 9.57 Å². The van der Waals surface area contributed by atoms with Crippen molar-refractivity contribution < 1.29 is 19.2 Å². The Labute approximate surface area is 106 Å². The van der Waals surface area contributed by atoms with Crippen molar-refractivity contribution in [1.82, 2.24) is 5.06 Å². The zero-order chi connectivity index (χ0) is 13.6. The first-order valence-corrected chi connectivity index (χ1v) is 5.57. The third-order valence-electron chi connectivity index (χ3n) is 1.77. The molecule has 0 bridgehead atoms. The zero-order valence-corrected chi connectivity index (χ0v) is 10.8. The third kappa shape index (κ3) is 5.45. The molecule has 18 heavy (non-hydrogen) atoms. The summed E-state index contributed by atoms with van der Waals surface area (Å²) in [5, 5.41) is 0.922. The number of benzene rings is 1. The van der Waals surface area contributed by atoms with Gasteiger partial charge in [0, 0.05) is 0 Å². The van der Waals surface area contributed by atoms with Gasteiger partial charge in [0.1, 0.15) is 12.3 Å². The Morgan fingerprint density at radius 1 is 1.28 bits per heavy atom. The molecule has 98 valence electrons. The predicted octanol–water partition coefficient (Wildman–Crippen LogP) is 1.78. The van der Waals surface area contributed by atoms with Gasteiger partial charge >= 0.3 is 5.97 Å². The lowest BCUT2D eigenvalue weighted by Gasteiger charge is -2.25. The summed E-state index contributed by atoms with van der Waals surface area (Å²) in [6.45, 7) is 5.10. The molecule has 1 amide bonds. The number of esters is 1. The second-order valence-electron chi connectivity index (χ2n) is 4.67. The summed E-state index contributed by atoms with van der Waals surface area (Å²) in [7, 11) is 0. The molecule has 0 unspecified atom stereocenters. The maximum absolute atomic E-state index is 11.6. The number of para-hydroxylation sites is 1. The van der Waals surface area contributed by atoms with Gasteiger partial charge in [-0.3, -0.25) is 9.63 Å². The monoisotopic (exact) mass is 251 g/mol. The van der Waals surface area contributed by atoms with Gasteiger partial charge in [0.25, 0.3) is 0 Å². The average Bonchev–Trinajstić information content (AvgIpc) is 2.27. The Bertz CT molecular complexity index is 397. The number of carbonyl (C=O) groups is 2. The van der Waals surface area contributed by atoms with Crippen molar-refractivity contribution in [2.75, 3.05) is 6.54 Å². The molecule has 0 N–H and O–H groups in total. The highest BCUT2D eigenvalue weighted by atomic mass is 16.7. The molecule has 0 aliphatic rings. The van der Waals surface area contributed by atoms with E-state index in [0.29, 0.717) is 12.2 Å². The first-order valence-electron chi connectivity index (χ1n) is 5.57. The first kappa shape index (κ1) is 14.2. The van der Waals surface area contributed by atoms with Crippen molar-refractivity contribution in [3.05, 3.63) is 30.3 Å². The number of amides is 1. The van der Waals surface area contributed by atoms with E-state index in [2.05, 4.69) is 0 Å². The van der Waals surface area contributed by atoms with Crippen LogP contribution in [-0.2, 0) is 14.4 Å². The molecular formula is C13H17NO4. The summed E-state index contributed by atoms with van der Waals surface area (Å²) in [6.07, 6.45) is 0.456. The molecule has 0 aliphatic carbocycles. The van der Waals surface area contributed by atoms with Crippen molar-refractivity contribution in [2.45, 2.75) is 26.4 Å². The van der Waals surface area contributed by atoms with E-state index in [-0.39, 0.29) is 6.54 Å². The van der Waals surface area contributed by atoms with Crippen molar-refractivity contribution in [2.24, 2.45) is 0 Å². The van der Waals surface area contributed by atoms with Crippen LogP contribution in [0.5, 0.6) is 5.75 Å². The Morgan fingerprint density at radius 2 is 1.89 bits per heavy atom. The highest BCUT2D eigenvalue weighted by Crippen LogP contribution is 2.11. The maximum Gasteiger partial charge on any atom is 0.333 e. The van der Waals surface area contributed by atoms with E-state index in [9.17, 15) is 9.59 Å². The fourth-order valence-corrected chi connectivity index (χ4v) is 1.22. The summed E-state index contributed by atoms with van der Waals surface area (Å²) < 4.78 is 5.04. The summed E-state index contributed by atoms with van der Waals surface area (Å²) in [5.41, 5.74) is -0.548. The second kappa shape index (κ2) is 6.16. The molecule has 0 aliphatic heterocycles. The third-order valence-corrected chi connectivity index (χ3v) is 1.77. The summed E-state index contributed by atoms with van der Waals surface area (Å²) >= 11 is 0. The molecule has 0 aromatic heterocycles. The van der Waals surface area contributed by atoms with Crippen LogP contribution in [0.25, 0.3) is 0 Å². The van der Waals surface area contributed by atoms with Crippen molar-refractivity contribution in [3.8, 4) is 5.75 Å². The van der Waals surface area contributed by atoms with Gasteiger partial charge in [0.05, 0.1) is 5.60 Å². The van der Waals surface area contributed by atoms with Crippen LogP contribution in [0.3, 0.4) is 0 Å². The minimum Gasteiger partial charge on any atom is -0.425 e. The van der Waals surface area contributed by atoms with Crippen LogP contribution < -0.4 is 4.74 Å². The van der Waals surface area contributed by atoms with Crippen molar-refractivity contribution in [3.63, 3.8) is 0 Å². The number of carbonyl (C=O) groups excluding carboxylic acids is 2. The number of ether oxygens (including phenoxy) is 1. The summed E-state index contributed by atoms with van der Waals surface area (Å²) in [6, 6.07) is 8.65. The topological polar surface area (TPSA) is 55.8 Å². The van der Waals surface area contributed by atoms with Crippen molar-refractivity contribution >= 4 is 12.4 Å². The smallest absolute Gasteiger partial charge is 0.333 e. The Hall–Kier alpha value is -1.88. The molecule has 5 nitrogen and oxygen atoms in total. The van der Waals surface area contributed by atoms with Crippen LogP contribution in [0.4, 0.5) is 0 Å². The van der Waals surface area contributed by atoms with Crippen LogP contribution in [0.2, 0.25) is 0 Å². The van der Waals surface area contributed by atoms with Gasteiger partial charge in [0.15, 0.2) is 0 Å². The SMILES string of the molecule is CC(C)(C)ON(C=O)CC(=O)Oc1ccccc1. The minimum absolute atomic E-state index is 0.254. The van der Waals surface area contributed by atoms with Gasteiger partial charge in [0.2, 0.25) is 6.41 Å². The minimum atomic E-state index is -0.558. The molecule has 5 heteroatoms. The standard InChI is InChI=1S/C13H17NO4/c1-13(2,3)18-14(10-15)9-12(16)17-11-7-5-4-6-8-11/h4-8,10H,9H2,1-3H3. The molecule has 1 aromatic carbocycles.